The number of aromatic nitrogens is 1. The van der Waals surface area contributed by atoms with E-state index in [-0.39, 0.29) is 18.2 Å². The zero-order valence-electron chi connectivity index (χ0n) is 11.6. The first-order valence-electron chi connectivity index (χ1n) is 6.59. The molecule has 1 aromatic carbocycles. The molecular formula is C15H17ClN2O2. The number of fused-ring (bicyclic) bond motifs is 1. The van der Waals surface area contributed by atoms with Gasteiger partial charge >= 0.3 is 0 Å². The summed E-state index contributed by atoms with van der Waals surface area (Å²) in [6, 6.07) is 5.41. The Bertz CT molecular complexity index is 661. The zero-order chi connectivity index (χ0) is 14.7. The van der Waals surface area contributed by atoms with Crippen molar-refractivity contribution >= 4 is 34.2 Å². The number of amides is 1. The van der Waals surface area contributed by atoms with Crippen molar-refractivity contribution < 1.29 is 9.59 Å². The number of nitrogens with zero attached hydrogens (tertiary/aromatic N) is 1. The largest absolute Gasteiger partial charge is 0.355 e. The quantitative estimate of drug-likeness (QED) is 0.861. The summed E-state index contributed by atoms with van der Waals surface area (Å²) < 4.78 is 1.74. The summed E-state index contributed by atoms with van der Waals surface area (Å²) in [7, 11) is 0. The van der Waals surface area contributed by atoms with Gasteiger partial charge in [0.15, 0.2) is 5.78 Å². The highest BCUT2D eigenvalue weighted by molar-refractivity contribution is 6.35. The average molecular weight is 293 g/mol. The minimum atomic E-state index is -0.0845. The van der Waals surface area contributed by atoms with Crippen molar-refractivity contribution in [1.29, 1.82) is 0 Å². The Hall–Kier alpha value is -1.81. The van der Waals surface area contributed by atoms with E-state index in [0.717, 1.165) is 17.3 Å². The van der Waals surface area contributed by atoms with Gasteiger partial charge in [0.05, 0.1) is 10.5 Å². The number of nitrogens with one attached hydrogen (secondary N) is 1. The fourth-order valence-corrected chi connectivity index (χ4v) is 2.48. The van der Waals surface area contributed by atoms with Crippen molar-refractivity contribution in [1.82, 2.24) is 9.88 Å². The summed E-state index contributed by atoms with van der Waals surface area (Å²) in [6.07, 6.45) is 2.59. The highest BCUT2D eigenvalue weighted by Crippen LogP contribution is 2.28. The molecule has 1 heterocycles. The maximum atomic E-state index is 11.8. The molecule has 0 atom stereocenters. The molecule has 0 unspecified atom stereocenters. The number of hydrogen-bond acceptors (Lipinski definition) is 2. The molecule has 0 aliphatic heterocycles. The fraction of sp³-hybridized carbons (Fsp3) is 0.333. The van der Waals surface area contributed by atoms with Gasteiger partial charge in [0.25, 0.3) is 0 Å². The molecule has 0 saturated heterocycles. The van der Waals surface area contributed by atoms with Crippen molar-refractivity contribution in [3.05, 3.63) is 35.0 Å². The summed E-state index contributed by atoms with van der Waals surface area (Å²) >= 11 is 6.20. The predicted octanol–water partition coefficient (Wildman–Crippen LogP) is 3.02. The molecular weight excluding hydrogens is 276 g/mol. The minimum absolute atomic E-state index is 0.0371. The Labute approximate surface area is 122 Å². The Morgan fingerprint density at radius 2 is 2.10 bits per heavy atom. The second-order valence-electron chi connectivity index (χ2n) is 4.71. The molecule has 0 aliphatic carbocycles. The summed E-state index contributed by atoms with van der Waals surface area (Å²) in [6.45, 7) is 4.31. The molecule has 20 heavy (non-hydrogen) atoms. The van der Waals surface area contributed by atoms with E-state index in [1.54, 1.807) is 22.9 Å². The smallest absolute Gasteiger partial charge is 0.239 e. The summed E-state index contributed by atoms with van der Waals surface area (Å²) in [4.78, 5) is 23.5. The first kappa shape index (κ1) is 14.6. The number of benzene rings is 1. The Balaban J connectivity index is 2.43. The number of carbonyl (C=O) groups is 2. The SMILES string of the molecule is CCCNC(=O)Cn1cc(C(C)=O)c2cccc(Cl)c21. The maximum Gasteiger partial charge on any atom is 0.239 e. The molecule has 0 aliphatic rings. The number of rotatable bonds is 5. The van der Waals surface area contributed by atoms with E-state index in [2.05, 4.69) is 5.32 Å². The third kappa shape index (κ3) is 2.85. The lowest BCUT2D eigenvalue weighted by Gasteiger charge is -2.07. The molecule has 106 valence electrons. The molecule has 0 spiro atoms. The van der Waals surface area contributed by atoms with Crippen molar-refractivity contribution in [2.45, 2.75) is 26.8 Å². The summed E-state index contributed by atoms with van der Waals surface area (Å²) in [5.74, 6) is -0.122. The molecule has 0 fully saturated rings. The van der Waals surface area contributed by atoms with Crippen LogP contribution in [0.25, 0.3) is 10.9 Å². The first-order chi connectivity index (χ1) is 9.54. The minimum Gasteiger partial charge on any atom is -0.355 e. The monoisotopic (exact) mass is 292 g/mol. The fourth-order valence-electron chi connectivity index (χ4n) is 2.19. The van der Waals surface area contributed by atoms with Crippen LogP contribution in [0.3, 0.4) is 0 Å². The number of para-hydroxylation sites is 1. The Kier molecular flexibility index (Phi) is 4.45. The van der Waals surface area contributed by atoms with Crippen LogP contribution in [-0.4, -0.2) is 22.8 Å². The molecule has 2 aromatic rings. The molecule has 1 aromatic heterocycles. The van der Waals surface area contributed by atoms with E-state index in [1.807, 2.05) is 13.0 Å². The normalized spacial score (nSPS) is 10.8. The third-order valence-electron chi connectivity index (χ3n) is 3.11. The van der Waals surface area contributed by atoms with Crippen molar-refractivity contribution in [2.24, 2.45) is 0 Å². The van der Waals surface area contributed by atoms with Crippen LogP contribution < -0.4 is 5.32 Å². The van der Waals surface area contributed by atoms with Crippen LogP contribution in [-0.2, 0) is 11.3 Å². The van der Waals surface area contributed by atoms with Crippen LogP contribution in [0.4, 0.5) is 0 Å². The topological polar surface area (TPSA) is 51.1 Å². The van der Waals surface area contributed by atoms with Gasteiger partial charge in [0, 0.05) is 23.7 Å². The van der Waals surface area contributed by atoms with Gasteiger partial charge in [0.2, 0.25) is 5.91 Å². The van der Waals surface area contributed by atoms with E-state index in [9.17, 15) is 9.59 Å². The van der Waals surface area contributed by atoms with Gasteiger partial charge in [-0.25, -0.2) is 0 Å². The number of hydrogen-bond donors (Lipinski definition) is 1. The Morgan fingerprint density at radius 3 is 2.75 bits per heavy atom. The average Bonchev–Trinajstić information content (AvgIpc) is 2.77. The van der Waals surface area contributed by atoms with Crippen LogP contribution >= 0.6 is 11.6 Å². The number of halogens is 1. The lowest BCUT2D eigenvalue weighted by atomic mass is 10.1. The summed E-state index contributed by atoms with van der Waals surface area (Å²) in [5.41, 5.74) is 1.32. The van der Waals surface area contributed by atoms with Gasteiger partial charge in [-0.05, 0) is 19.4 Å². The summed E-state index contributed by atoms with van der Waals surface area (Å²) in [5, 5.41) is 4.14. The number of ketones is 1. The van der Waals surface area contributed by atoms with Crippen LogP contribution in [0, 0.1) is 0 Å². The molecule has 0 radical (unpaired) electrons. The van der Waals surface area contributed by atoms with Crippen LogP contribution in [0.1, 0.15) is 30.6 Å². The molecule has 0 bridgehead atoms. The molecule has 5 heteroatoms. The number of Topliss-reactive ketones (excluding diaryl/α,β-unsaturated/α-hetero) is 1. The van der Waals surface area contributed by atoms with Gasteiger partial charge in [0.1, 0.15) is 6.54 Å². The van der Waals surface area contributed by atoms with Gasteiger partial charge < -0.3 is 9.88 Å². The maximum absolute atomic E-state index is 11.8. The molecule has 2 rings (SSSR count). The van der Waals surface area contributed by atoms with Gasteiger partial charge in [-0.1, -0.05) is 30.7 Å². The first-order valence-corrected chi connectivity index (χ1v) is 6.97. The van der Waals surface area contributed by atoms with Crippen molar-refractivity contribution in [2.75, 3.05) is 6.54 Å². The molecule has 1 amide bonds. The van der Waals surface area contributed by atoms with Crippen molar-refractivity contribution in [3.63, 3.8) is 0 Å². The lowest BCUT2D eigenvalue weighted by molar-refractivity contribution is -0.121. The molecule has 4 nitrogen and oxygen atoms in total. The van der Waals surface area contributed by atoms with Gasteiger partial charge in [-0.3, -0.25) is 9.59 Å². The third-order valence-corrected chi connectivity index (χ3v) is 3.42. The highest BCUT2D eigenvalue weighted by atomic mass is 35.5. The lowest BCUT2D eigenvalue weighted by Crippen LogP contribution is -2.27. The standard InChI is InChI=1S/C15H17ClN2O2/c1-3-7-17-14(20)9-18-8-12(10(2)19)11-5-4-6-13(16)15(11)18/h4-6,8H,3,7,9H2,1-2H3,(H,17,20). The van der Waals surface area contributed by atoms with Crippen LogP contribution in [0.2, 0.25) is 5.02 Å². The van der Waals surface area contributed by atoms with E-state index >= 15 is 0 Å². The van der Waals surface area contributed by atoms with Gasteiger partial charge in [-0.2, -0.15) is 0 Å². The van der Waals surface area contributed by atoms with E-state index in [1.165, 1.54) is 6.92 Å². The van der Waals surface area contributed by atoms with Crippen molar-refractivity contribution in [3.8, 4) is 0 Å². The molecule has 1 N–H and O–H groups in total. The van der Waals surface area contributed by atoms with E-state index in [4.69, 9.17) is 11.6 Å². The number of carbonyl (C=O) groups excluding carboxylic acids is 2. The van der Waals surface area contributed by atoms with Crippen LogP contribution in [0.5, 0.6) is 0 Å². The van der Waals surface area contributed by atoms with E-state index < -0.39 is 0 Å². The highest BCUT2D eigenvalue weighted by Gasteiger charge is 2.15. The van der Waals surface area contributed by atoms with E-state index in [0.29, 0.717) is 17.1 Å². The van der Waals surface area contributed by atoms with Crippen LogP contribution in [0.15, 0.2) is 24.4 Å². The predicted molar refractivity (Wildman–Crippen MR) is 80.3 cm³/mol. The second kappa shape index (κ2) is 6.09. The Morgan fingerprint density at radius 1 is 1.35 bits per heavy atom. The van der Waals surface area contributed by atoms with Gasteiger partial charge in [-0.15, -0.1) is 0 Å². The molecule has 0 saturated carbocycles. The zero-order valence-corrected chi connectivity index (χ0v) is 12.3. The second-order valence-corrected chi connectivity index (χ2v) is 5.12.